The first-order chi connectivity index (χ1) is 13.4. The van der Waals surface area contributed by atoms with Gasteiger partial charge in [0.1, 0.15) is 5.69 Å². The molecule has 1 N–H and O–H groups in total. The second-order valence-electron chi connectivity index (χ2n) is 5.87. The highest BCUT2D eigenvalue weighted by atomic mass is 79.9. The predicted octanol–water partition coefficient (Wildman–Crippen LogP) is 2.82. The zero-order valence-electron chi connectivity index (χ0n) is 14.6. The number of nitrogens with zero attached hydrogens (tertiary/aromatic N) is 3. The monoisotopic (exact) mass is 468 g/mol. The highest BCUT2D eigenvalue weighted by molar-refractivity contribution is 9.10. The fraction of sp³-hybridized carbons (Fsp3) is 0.235. The SMILES string of the molecule is O=[N+]([O-])c1cc(S(=O)(=O)N2CCOCC2)ccc1N/N=C\c1ccc(Br)cc1. The second-order valence-corrected chi connectivity index (χ2v) is 8.73. The molecule has 0 spiro atoms. The molecule has 1 aliphatic rings. The van der Waals surface area contributed by atoms with Crippen molar-refractivity contribution in [2.75, 3.05) is 31.7 Å². The average molecular weight is 469 g/mol. The molecule has 2 aromatic carbocycles. The zero-order chi connectivity index (χ0) is 20.1. The van der Waals surface area contributed by atoms with Gasteiger partial charge in [0.15, 0.2) is 0 Å². The number of nitro benzene ring substituents is 1. The fourth-order valence-corrected chi connectivity index (χ4v) is 4.27. The molecule has 3 rings (SSSR count). The molecule has 2 aromatic rings. The van der Waals surface area contributed by atoms with Crippen LogP contribution in [0.15, 0.2) is 56.9 Å². The van der Waals surface area contributed by atoms with Crippen LogP contribution in [-0.4, -0.2) is 50.2 Å². The quantitative estimate of drug-likeness (QED) is 0.396. The van der Waals surface area contributed by atoms with Crippen LogP contribution in [0.5, 0.6) is 0 Å². The van der Waals surface area contributed by atoms with E-state index >= 15 is 0 Å². The number of hydrogen-bond acceptors (Lipinski definition) is 7. The van der Waals surface area contributed by atoms with Crippen molar-refractivity contribution in [3.63, 3.8) is 0 Å². The van der Waals surface area contributed by atoms with Crippen LogP contribution in [0, 0.1) is 10.1 Å². The van der Waals surface area contributed by atoms with Crippen LogP contribution < -0.4 is 5.43 Å². The zero-order valence-corrected chi connectivity index (χ0v) is 17.0. The van der Waals surface area contributed by atoms with Crippen molar-refractivity contribution < 1.29 is 18.1 Å². The number of anilines is 1. The molecule has 0 unspecified atom stereocenters. The van der Waals surface area contributed by atoms with Crippen LogP contribution in [0.4, 0.5) is 11.4 Å². The van der Waals surface area contributed by atoms with Gasteiger partial charge in [0, 0.05) is 23.6 Å². The predicted molar refractivity (Wildman–Crippen MR) is 108 cm³/mol. The number of sulfonamides is 1. The van der Waals surface area contributed by atoms with Gasteiger partial charge >= 0.3 is 0 Å². The van der Waals surface area contributed by atoms with Gasteiger partial charge in [-0.15, -0.1) is 0 Å². The molecule has 0 saturated carbocycles. The van der Waals surface area contributed by atoms with Crippen molar-refractivity contribution >= 4 is 43.5 Å². The lowest BCUT2D eigenvalue weighted by molar-refractivity contribution is -0.384. The molecule has 1 aliphatic heterocycles. The van der Waals surface area contributed by atoms with Crippen molar-refractivity contribution in [2.24, 2.45) is 5.10 Å². The van der Waals surface area contributed by atoms with E-state index in [9.17, 15) is 18.5 Å². The Bertz CT molecular complexity index is 989. The molecule has 28 heavy (non-hydrogen) atoms. The molecular formula is C17H17BrN4O5S. The van der Waals surface area contributed by atoms with E-state index in [2.05, 4.69) is 26.5 Å². The summed E-state index contributed by atoms with van der Waals surface area (Å²) >= 11 is 3.33. The van der Waals surface area contributed by atoms with Gasteiger partial charge in [0.25, 0.3) is 5.69 Å². The molecule has 148 valence electrons. The minimum Gasteiger partial charge on any atom is -0.379 e. The number of halogens is 1. The summed E-state index contributed by atoms with van der Waals surface area (Å²) in [5.74, 6) is 0. The van der Waals surface area contributed by atoms with Crippen molar-refractivity contribution in [1.82, 2.24) is 4.31 Å². The lowest BCUT2D eigenvalue weighted by Gasteiger charge is -2.26. The summed E-state index contributed by atoms with van der Waals surface area (Å²) in [6, 6.07) is 11.0. The maximum Gasteiger partial charge on any atom is 0.295 e. The van der Waals surface area contributed by atoms with Crippen LogP contribution in [0.2, 0.25) is 0 Å². The van der Waals surface area contributed by atoms with E-state index in [1.54, 1.807) is 0 Å². The molecule has 0 aliphatic carbocycles. The van der Waals surface area contributed by atoms with Crippen LogP contribution in [0.25, 0.3) is 0 Å². The number of hydrogen-bond donors (Lipinski definition) is 1. The second kappa shape index (κ2) is 8.78. The molecule has 0 amide bonds. The van der Waals surface area contributed by atoms with E-state index in [1.807, 2.05) is 24.3 Å². The van der Waals surface area contributed by atoms with Gasteiger partial charge in [-0.2, -0.15) is 9.41 Å². The molecule has 0 aromatic heterocycles. The minimum atomic E-state index is -3.82. The Morgan fingerprint density at radius 3 is 2.50 bits per heavy atom. The van der Waals surface area contributed by atoms with Crippen molar-refractivity contribution in [1.29, 1.82) is 0 Å². The van der Waals surface area contributed by atoms with E-state index in [0.717, 1.165) is 16.1 Å². The van der Waals surface area contributed by atoms with Gasteiger partial charge in [0.2, 0.25) is 10.0 Å². The van der Waals surface area contributed by atoms with Crippen molar-refractivity contribution in [3.05, 3.63) is 62.6 Å². The van der Waals surface area contributed by atoms with E-state index in [0.29, 0.717) is 13.2 Å². The van der Waals surface area contributed by atoms with E-state index in [1.165, 1.54) is 22.7 Å². The van der Waals surface area contributed by atoms with E-state index in [-0.39, 0.29) is 29.4 Å². The highest BCUT2D eigenvalue weighted by Gasteiger charge is 2.28. The van der Waals surface area contributed by atoms with Gasteiger partial charge in [0.05, 0.1) is 29.2 Å². The number of nitro groups is 1. The first-order valence-corrected chi connectivity index (χ1v) is 10.5. The summed E-state index contributed by atoms with van der Waals surface area (Å²) in [6.07, 6.45) is 1.51. The van der Waals surface area contributed by atoms with Crippen LogP contribution >= 0.6 is 15.9 Å². The summed E-state index contributed by atoms with van der Waals surface area (Å²) in [5, 5.41) is 15.4. The third kappa shape index (κ3) is 4.73. The van der Waals surface area contributed by atoms with Gasteiger partial charge in [-0.25, -0.2) is 8.42 Å². The molecule has 1 saturated heterocycles. The van der Waals surface area contributed by atoms with Gasteiger partial charge in [-0.05, 0) is 29.8 Å². The maximum absolute atomic E-state index is 12.7. The van der Waals surface area contributed by atoms with Crippen LogP contribution in [-0.2, 0) is 14.8 Å². The summed E-state index contributed by atoms with van der Waals surface area (Å²) in [6.45, 7) is 1.03. The number of morpholine rings is 1. The fourth-order valence-electron chi connectivity index (χ4n) is 2.58. The molecular weight excluding hydrogens is 452 g/mol. The summed E-state index contributed by atoms with van der Waals surface area (Å²) in [4.78, 5) is 10.6. The number of nitrogens with one attached hydrogen (secondary N) is 1. The topological polar surface area (TPSA) is 114 Å². The molecule has 0 bridgehead atoms. The number of rotatable bonds is 6. The Hall–Kier alpha value is -2.34. The average Bonchev–Trinajstić information content (AvgIpc) is 2.70. The van der Waals surface area contributed by atoms with Crippen LogP contribution in [0.1, 0.15) is 5.56 Å². The Kier molecular flexibility index (Phi) is 6.39. The standard InChI is InChI=1S/C17H17BrN4O5S/c18-14-3-1-13(2-4-14)12-19-20-16-6-5-15(11-17(16)22(23)24)28(25,26)21-7-9-27-10-8-21/h1-6,11-12,20H,7-10H2/b19-12-. The van der Waals surface area contributed by atoms with Crippen LogP contribution in [0.3, 0.4) is 0 Å². The summed E-state index contributed by atoms with van der Waals surface area (Å²) in [7, 11) is -3.82. The number of ether oxygens (including phenoxy) is 1. The normalized spacial score (nSPS) is 15.6. The summed E-state index contributed by atoms with van der Waals surface area (Å²) in [5.41, 5.74) is 3.12. The lowest BCUT2D eigenvalue weighted by atomic mass is 10.2. The van der Waals surface area contributed by atoms with E-state index in [4.69, 9.17) is 4.74 Å². The van der Waals surface area contributed by atoms with Gasteiger partial charge in [-0.1, -0.05) is 28.1 Å². The smallest absolute Gasteiger partial charge is 0.295 e. The van der Waals surface area contributed by atoms with Gasteiger partial charge in [-0.3, -0.25) is 15.5 Å². The largest absolute Gasteiger partial charge is 0.379 e. The molecule has 0 atom stereocenters. The third-order valence-corrected chi connectivity index (χ3v) is 6.47. The van der Waals surface area contributed by atoms with Gasteiger partial charge < -0.3 is 4.74 Å². The molecule has 9 nitrogen and oxygen atoms in total. The lowest BCUT2D eigenvalue weighted by Crippen LogP contribution is -2.40. The maximum atomic E-state index is 12.7. The molecule has 1 heterocycles. The number of benzene rings is 2. The summed E-state index contributed by atoms with van der Waals surface area (Å²) < 4.78 is 32.7. The third-order valence-electron chi connectivity index (χ3n) is 4.04. The highest BCUT2D eigenvalue weighted by Crippen LogP contribution is 2.29. The van der Waals surface area contributed by atoms with Crippen molar-refractivity contribution in [3.8, 4) is 0 Å². The Labute approximate surface area is 170 Å². The number of hydrazone groups is 1. The first kappa shape index (κ1) is 20.4. The Morgan fingerprint density at radius 2 is 1.86 bits per heavy atom. The molecule has 0 radical (unpaired) electrons. The Balaban J connectivity index is 1.83. The molecule has 1 fully saturated rings. The first-order valence-electron chi connectivity index (χ1n) is 8.29. The minimum absolute atomic E-state index is 0.0966. The Morgan fingerprint density at radius 1 is 1.18 bits per heavy atom. The molecule has 11 heteroatoms. The van der Waals surface area contributed by atoms with E-state index < -0.39 is 14.9 Å². The van der Waals surface area contributed by atoms with Crippen molar-refractivity contribution in [2.45, 2.75) is 4.90 Å².